The van der Waals surface area contributed by atoms with Crippen LogP contribution in [0.5, 0.6) is 0 Å². The summed E-state index contributed by atoms with van der Waals surface area (Å²) < 4.78 is 29.3. The minimum Gasteiger partial charge on any atom is -0.309 e. The van der Waals surface area contributed by atoms with Crippen LogP contribution < -0.4 is 5.32 Å². The Hall–Kier alpha value is -1.42. The molecule has 142 valence electrons. The Balaban J connectivity index is 1.83. The van der Waals surface area contributed by atoms with Gasteiger partial charge in [-0.25, -0.2) is 13.1 Å². The van der Waals surface area contributed by atoms with E-state index in [1.807, 2.05) is 20.8 Å². The molecule has 1 aliphatic rings. The minimum absolute atomic E-state index is 0.0793. The molecule has 1 unspecified atom stereocenters. The zero-order valence-corrected chi connectivity index (χ0v) is 17.2. The molecule has 1 atom stereocenters. The Kier molecular flexibility index (Phi) is 5.43. The van der Waals surface area contributed by atoms with E-state index in [0.717, 1.165) is 17.0 Å². The summed E-state index contributed by atoms with van der Waals surface area (Å²) in [5.74, 6) is 0.237. The van der Waals surface area contributed by atoms with Crippen molar-refractivity contribution in [3.63, 3.8) is 0 Å². The van der Waals surface area contributed by atoms with Gasteiger partial charge in [-0.2, -0.15) is 9.40 Å². The molecule has 1 N–H and O–H groups in total. The maximum Gasteiger partial charge on any atom is 0.253 e. The first-order valence-corrected chi connectivity index (χ1v) is 11.0. The highest BCUT2D eigenvalue weighted by atomic mass is 35.5. The summed E-state index contributed by atoms with van der Waals surface area (Å²) in [5.41, 5.74) is 0.790. The molecule has 2 aromatic heterocycles. The number of thiophene rings is 1. The van der Waals surface area contributed by atoms with Crippen LogP contribution in [0.2, 0.25) is 4.34 Å². The predicted molar refractivity (Wildman–Crippen MR) is 102 cm³/mol. The van der Waals surface area contributed by atoms with E-state index < -0.39 is 16.1 Å². The Morgan fingerprint density at radius 1 is 1.42 bits per heavy atom. The Bertz CT molecular complexity index is 920. The number of sulfonamides is 1. The molecule has 7 nitrogen and oxygen atoms in total. The predicted octanol–water partition coefficient (Wildman–Crippen LogP) is 3.28. The number of hydrogen-bond donors (Lipinski definition) is 1. The van der Waals surface area contributed by atoms with Crippen LogP contribution in [-0.4, -0.2) is 41.0 Å². The van der Waals surface area contributed by atoms with Gasteiger partial charge in [0, 0.05) is 18.7 Å². The maximum atomic E-state index is 12.9. The molecule has 0 aliphatic carbocycles. The number of aryl methyl sites for hydroxylation is 1. The highest BCUT2D eigenvalue weighted by Crippen LogP contribution is 2.32. The fraction of sp³-hybridized carbons (Fsp3) is 0.500. The van der Waals surface area contributed by atoms with Gasteiger partial charge >= 0.3 is 0 Å². The van der Waals surface area contributed by atoms with Crippen molar-refractivity contribution in [2.45, 2.75) is 49.9 Å². The lowest BCUT2D eigenvalue weighted by molar-refractivity contribution is -0.119. The van der Waals surface area contributed by atoms with Crippen molar-refractivity contribution < 1.29 is 13.2 Å². The summed E-state index contributed by atoms with van der Waals surface area (Å²) in [6.07, 6.45) is 1.12. The normalized spacial score (nSPS) is 18.6. The molecule has 3 rings (SSSR count). The van der Waals surface area contributed by atoms with Gasteiger partial charge in [0.15, 0.2) is 0 Å². The van der Waals surface area contributed by atoms with Gasteiger partial charge in [0.25, 0.3) is 10.0 Å². The average Bonchev–Trinajstić information content (AvgIpc) is 3.26. The zero-order chi connectivity index (χ0) is 19.1. The summed E-state index contributed by atoms with van der Waals surface area (Å²) >= 11 is 6.87. The van der Waals surface area contributed by atoms with Crippen molar-refractivity contribution in [1.82, 2.24) is 14.1 Å². The lowest BCUT2D eigenvalue weighted by Crippen LogP contribution is -2.43. The largest absolute Gasteiger partial charge is 0.309 e. The summed E-state index contributed by atoms with van der Waals surface area (Å²) in [5, 5.41) is 7.21. The van der Waals surface area contributed by atoms with Gasteiger partial charge in [0.1, 0.15) is 16.1 Å². The van der Waals surface area contributed by atoms with E-state index in [1.54, 1.807) is 16.8 Å². The molecule has 0 saturated carbocycles. The highest BCUT2D eigenvalue weighted by Gasteiger charge is 2.40. The third kappa shape index (κ3) is 3.66. The van der Waals surface area contributed by atoms with Gasteiger partial charge in [0.05, 0.1) is 10.0 Å². The van der Waals surface area contributed by atoms with Gasteiger partial charge in [0.2, 0.25) is 5.91 Å². The summed E-state index contributed by atoms with van der Waals surface area (Å²) in [4.78, 5) is 12.8. The van der Waals surface area contributed by atoms with Crippen molar-refractivity contribution in [2.75, 3.05) is 11.9 Å². The van der Waals surface area contributed by atoms with E-state index >= 15 is 0 Å². The molecule has 26 heavy (non-hydrogen) atoms. The molecule has 2 aromatic rings. The van der Waals surface area contributed by atoms with Crippen LogP contribution in [-0.2, 0) is 14.8 Å². The number of anilines is 1. The monoisotopic (exact) mass is 416 g/mol. The molecule has 1 amide bonds. The number of hydrogen-bond acceptors (Lipinski definition) is 5. The van der Waals surface area contributed by atoms with Crippen LogP contribution in [0.1, 0.15) is 38.4 Å². The van der Waals surface area contributed by atoms with Gasteiger partial charge in [-0.05, 0) is 45.7 Å². The fourth-order valence-electron chi connectivity index (χ4n) is 3.05. The van der Waals surface area contributed by atoms with Gasteiger partial charge < -0.3 is 5.32 Å². The van der Waals surface area contributed by atoms with Crippen LogP contribution >= 0.6 is 22.9 Å². The topological polar surface area (TPSA) is 84.3 Å². The highest BCUT2D eigenvalue weighted by molar-refractivity contribution is 7.91. The number of amides is 1. The molecule has 0 spiro atoms. The van der Waals surface area contributed by atoms with Gasteiger partial charge in [-0.1, -0.05) is 11.6 Å². The summed E-state index contributed by atoms with van der Waals surface area (Å²) in [6, 6.07) is 4.15. The molecule has 1 saturated heterocycles. The van der Waals surface area contributed by atoms with Crippen LogP contribution in [0.25, 0.3) is 0 Å². The maximum absolute atomic E-state index is 12.9. The lowest BCUT2D eigenvalue weighted by atomic mass is 10.2. The average molecular weight is 417 g/mol. The Morgan fingerprint density at radius 2 is 2.15 bits per heavy atom. The molecule has 10 heteroatoms. The number of carbonyl (C=O) groups excluding carboxylic acids is 1. The first-order chi connectivity index (χ1) is 12.2. The van der Waals surface area contributed by atoms with Gasteiger partial charge in [-0.15, -0.1) is 11.3 Å². The Morgan fingerprint density at radius 3 is 2.77 bits per heavy atom. The first-order valence-electron chi connectivity index (χ1n) is 8.34. The quantitative estimate of drug-likeness (QED) is 0.810. The zero-order valence-electron chi connectivity index (χ0n) is 14.8. The van der Waals surface area contributed by atoms with E-state index in [-0.39, 0.29) is 16.2 Å². The van der Waals surface area contributed by atoms with Crippen LogP contribution in [0.4, 0.5) is 5.82 Å². The number of halogens is 1. The fourth-order valence-corrected chi connectivity index (χ4v) is 6.32. The molecule has 0 radical (unpaired) electrons. The van der Waals surface area contributed by atoms with Crippen LogP contribution in [0.15, 0.2) is 22.4 Å². The third-order valence-corrected chi connectivity index (χ3v) is 7.82. The molecule has 0 aromatic carbocycles. The van der Waals surface area contributed by atoms with Crippen molar-refractivity contribution >= 4 is 44.7 Å². The summed E-state index contributed by atoms with van der Waals surface area (Å²) in [7, 11) is -3.74. The molecular weight excluding hydrogens is 396 g/mol. The molecule has 1 fully saturated rings. The second kappa shape index (κ2) is 7.30. The second-order valence-electron chi connectivity index (χ2n) is 6.53. The molecular formula is C16H21ClN4O3S2. The Labute approximate surface area is 162 Å². The first kappa shape index (κ1) is 19.3. The smallest absolute Gasteiger partial charge is 0.253 e. The third-order valence-electron chi connectivity index (χ3n) is 4.22. The number of carbonyl (C=O) groups is 1. The van der Waals surface area contributed by atoms with Crippen LogP contribution in [0.3, 0.4) is 0 Å². The number of nitrogens with one attached hydrogen (secondary N) is 1. The number of aromatic nitrogens is 2. The van der Waals surface area contributed by atoms with Crippen molar-refractivity contribution in [3.05, 3.63) is 28.2 Å². The lowest BCUT2D eigenvalue weighted by Gasteiger charge is -2.23. The molecule has 0 bridgehead atoms. The van der Waals surface area contributed by atoms with Crippen molar-refractivity contribution in [2.24, 2.45) is 0 Å². The van der Waals surface area contributed by atoms with E-state index in [2.05, 4.69) is 10.4 Å². The SMILES string of the molecule is Cc1cc(NC(=O)C2CCCN2S(=O)(=O)c2ccc(Cl)s2)n(C(C)C)n1. The van der Waals surface area contributed by atoms with E-state index in [9.17, 15) is 13.2 Å². The number of rotatable bonds is 5. The minimum atomic E-state index is -3.74. The van der Waals surface area contributed by atoms with E-state index in [0.29, 0.717) is 29.5 Å². The standard InChI is InChI=1S/C16H21ClN4O3S2/c1-10(2)21-14(9-11(3)19-21)18-16(22)12-5-4-8-20(12)26(23,24)15-7-6-13(17)25-15/h6-7,9-10,12H,4-5,8H2,1-3H3,(H,18,22). The summed E-state index contributed by atoms with van der Waals surface area (Å²) in [6.45, 7) is 6.10. The van der Waals surface area contributed by atoms with E-state index in [1.165, 1.54) is 10.4 Å². The van der Waals surface area contributed by atoms with Crippen molar-refractivity contribution in [3.8, 4) is 0 Å². The van der Waals surface area contributed by atoms with E-state index in [4.69, 9.17) is 11.6 Å². The van der Waals surface area contributed by atoms with Crippen molar-refractivity contribution in [1.29, 1.82) is 0 Å². The second-order valence-corrected chi connectivity index (χ2v) is 10.4. The number of nitrogens with zero attached hydrogens (tertiary/aromatic N) is 3. The van der Waals surface area contributed by atoms with Gasteiger partial charge in [-0.3, -0.25) is 4.79 Å². The molecule has 3 heterocycles. The van der Waals surface area contributed by atoms with Crippen LogP contribution in [0, 0.1) is 6.92 Å². The molecule has 1 aliphatic heterocycles.